The van der Waals surface area contributed by atoms with Gasteiger partial charge in [-0.3, -0.25) is 9.59 Å². The fraction of sp³-hybridized carbons (Fsp3) is 0.857. The monoisotopic (exact) mass is 272 g/mol. The third kappa shape index (κ3) is 3.26. The van der Waals surface area contributed by atoms with Gasteiger partial charge in [-0.05, 0) is 38.0 Å². The van der Waals surface area contributed by atoms with Gasteiger partial charge in [0.15, 0.2) is 5.41 Å². The molecule has 1 rings (SSSR count). The summed E-state index contributed by atoms with van der Waals surface area (Å²) < 4.78 is 9.76. The summed E-state index contributed by atoms with van der Waals surface area (Å²) in [4.78, 5) is 24.5. The highest BCUT2D eigenvalue weighted by atomic mass is 16.5. The number of aliphatic hydroxyl groups is 1. The van der Waals surface area contributed by atoms with Crippen LogP contribution in [0.5, 0.6) is 0 Å². The van der Waals surface area contributed by atoms with Crippen LogP contribution in [0.2, 0.25) is 0 Å². The number of carbonyl (C=O) groups is 2. The normalized spacial score (nSPS) is 16.4. The van der Waals surface area contributed by atoms with Crippen LogP contribution in [-0.4, -0.2) is 37.9 Å². The van der Waals surface area contributed by atoms with Gasteiger partial charge in [0.05, 0.1) is 14.2 Å². The Labute approximate surface area is 114 Å². The molecule has 1 aliphatic carbocycles. The molecule has 0 aliphatic heterocycles. The van der Waals surface area contributed by atoms with Crippen molar-refractivity contribution in [2.75, 3.05) is 20.8 Å². The van der Waals surface area contributed by atoms with Crippen LogP contribution in [0.3, 0.4) is 0 Å². The highest BCUT2D eigenvalue weighted by Gasteiger charge is 2.54. The van der Waals surface area contributed by atoms with Crippen molar-refractivity contribution in [2.45, 2.75) is 44.9 Å². The fourth-order valence-corrected chi connectivity index (χ4v) is 3.12. The number of esters is 2. The molecular formula is C14H24O5. The molecule has 0 unspecified atom stereocenters. The van der Waals surface area contributed by atoms with Crippen LogP contribution < -0.4 is 0 Å². The number of carbonyl (C=O) groups excluding carboxylic acids is 2. The first-order chi connectivity index (χ1) is 9.13. The van der Waals surface area contributed by atoms with Gasteiger partial charge in [0.25, 0.3) is 0 Å². The van der Waals surface area contributed by atoms with E-state index in [1.165, 1.54) is 14.2 Å². The van der Waals surface area contributed by atoms with Gasteiger partial charge in [0.2, 0.25) is 0 Å². The Hall–Kier alpha value is -1.10. The number of rotatable bonds is 7. The minimum absolute atomic E-state index is 0.00825. The van der Waals surface area contributed by atoms with Gasteiger partial charge in [0, 0.05) is 6.61 Å². The van der Waals surface area contributed by atoms with Gasteiger partial charge in [-0.25, -0.2) is 0 Å². The molecule has 1 saturated carbocycles. The summed E-state index contributed by atoms with van der Waals surface area (Å²) in [6.07, 6.45) is 5.32. The maximum atomic E-state index is 12.2. The van der Waals surface area contributed by atoms with Crippen molar-refractivity contribution in [3.63, 3.8) is 0 Å². The highest BCUT2D eigenvalue weighted by Crippen LogP contribution is 2.45. The zero-order valence-corrected chi connectivity index (χ0v) is 11.8. The van der Waals surface area contributed by atoms with Gasteiger partial charge in [-0.1, -0.05) is 12.8 Å². The molecule has 0 heterocycles. The molecule has 5 nitrogen and oxygen atoms in total. The van der Waals surface area contributed by atoms with Gasteiger partial charge < -0.3 is 14.6 Å². The Bertz CT molecular complexity index is 291. The Kier molecular flexibility index (Phi) is 6.28. The fourth-order valence-electron chi connectivity index (χ4n) is 3.12. The third-order valence-corrected chi connectivity index (χ3v) is 4.13. The van der Waals surface area contributed by atoms with Crippen LogP contribution in [-0.2, 0) is 19.1 Å². The SMILES string of the molecule is COC(=O)C(CCCCO)(C(=O)OC)C1CCCC1. The molecule has 1 N–H and O–H groups in total. The Morgan fingerprint density at radius 2 is 1.63 bits per heavy atom. The van der Waals surface area contributed by atoms with E-state index >= 15 is 0 Å². The summed E-state index contributed by atoms with van der Waals surface area (Å²) in [7, 11) is 2.61. The standard InChI is InChI=1S/C14H24O5/c1-18-12(16)14(13(17)19-2,9-5-6-10-15)11-7-3-4-8-11/h11,15H,3-10H2,1-2H3. The number of hydrogen-bond acceptors (Lipinski definition) is 5. The Morgan fingerprint density at radius 1 is 1.11 bits per heavy atom. The second kappa shape index (κ2) is 7.48. The van der Waals surface area contributed by atoms with E-state index in [0.717, 1.165) is 25.7 Å². The minimum Gasteiger partial charge on any atom is -0.468 e. The summed E-state index contributed by atoms with van der Waals surface area (Å²) in [6.45, 7) is 0.0586. The zero-order chi connectivity index (χ0) is 14.3. The van der Waals surface area contributed by atoms with E-state index < -0.39 is 17.4 Å². The van der Waals surface area contributed by atoms with E-state index in [2.05, 4.69) is 0 Å². The average Bonchev–Trinajstić information content (AvgIpc) is 2.96. The van der Waals surface area contributed by atoms with E-state index in [0.29, 0.717) is 19.3 Å². The van der Waals surface area contributed by atoms with Crippen LogP contribution in [0.4, 0.5) is 0 Å². The first-order valence-electron chi connectivity index (χ1n) is 6.91. The lowest BCUT2D eigenvalue weighted by atomic mass is 9.70. The number of hydrogen-bond donors (Lipinski definition) is 1. The average molecular weight is 272 g/mol. The maximum Gasteiger partial charge on any atom is 0.323 e. The van der Waals surface area contributed by atoms with Crippen molar-refractivity contribution >= 4 is 11.9 Å². The van der Waals surface area contributed by atoms with Gasteiger partial charge >= 0.3 is 11.9 Å². The lowest BCUT2D eigenvalue weighted by Gasteiger charge is -2.33. The van der Waals surface area contributed by atoms with Crippen molar-refractivity contribution in [2.24, 2.45) is 11.3 Å². The largest absolute Gasteiger partial charge is 0.468 e. The second-order valence-electron chi connectivity index (χ2n) is 5.12. The Balaban J connectivity index is 3.00. The number of aliphatic hydroxyl groups excluding tert-OH is 1. The summed E-state index contributed by atoms with van der Waals surface area (Å²) in [6, 6.07) is 0. The molecule has 0 saturated heterocycles. The summed E-state index contributed by atoms with van der Waals surface area (Å²) in [5, 5.41) is 8.89. The van der Waals surface area contributed by atoms with E-state index in [4.69, 9.17) is 14.6 Å². The quantitative estimate of drug-likeness (QED) is 0.433. The van der Waals surface area contributed by atoms with Crippen LogP contribution in [0.15, 0.2) is 0 Å². The molecule has 1 fully saturated rings. The summed E-state index contributed by atoms with van der Waals surface area (Å²) in [5.74, 6) is -1.00. The van der Waals surface area contributed by atoms with Crippen LogP contribution in [0.1, 0.15) is 44.9 Å². The topological polar surface area (TPSA) is 72.8 Å². The van der Waals surface area contributed by atoms with Crippen molar-refractivity contribution in [1.82, 2.24) is 0 Å². The smallest absolute Gasteiger partial charge is 0.323 e. The summed E-state index contributed by atoms with van der Waals surface area (Å²) in [5.41, 5.74) is -1.19. The summed E-state index contributed by atoms with van der Waals surface area (Å²) >= 11 is 0. The van der Waals surface area contributed by atoms with Gasteiger partial charge in [-0.2, -0.15) is 0 Å². The van der Waals surface area contributed by atoms with Gasteiger partial charge in [-0.15, -0.1) is 0 Å². The lowest BCUT2D eigenvalue weighted by Crippen LogP contribution is -2.46. The second-order valence-corrected chi connectivity index (χ2v) is 5.12. The third-order valence-electron chi connectivity index (χ3n) is 4.13. The van der Waals surface area contributed by atoms with Crippen molar-refractivity contribution in [1.29, 1.82) is 0 Å². The van der Waals surface area contributed by atoms with Crippen LogP contribution >= 0.6 is 0 Å². The predicted molar refractivity (Wildman–Crippen MR) is 69.4 cm³/mol. The first-order valence-corrected chi connectivity index (χ1v) is 6.91. The molecular weight excluding hydrogens is 248 g/mol. The van der Waals surface area contributed by atoms with Crippen LogP contribution in [0.25, 0.3) is 0 Å². The molecule has 0 aromatic carbocycles. The number of methoxy groups -OCH3 is 2. The maximum absolute atomic E-state index is 12.2. The number of ether oxygens (including phenoxy) is 2. The van der Waals surface area contributed by atoms with Crippen molar-refractivity contribution < 1.29 is 24.2 Å². The van der Waals surface area contributed by atoms with E-state index in [9.17, 15) is 9.59 Å². The van der Waals surface area contributed by atoms with E-state index in [1.807, 2.05) is 0 Å². The highest BCUT2D eigenvalue weighted by molar-refractivity contribution is 6.00. The molecule has 1 aliphatic rings. The first kappa shape index (κ1) is 16.0. The van der Waals surface area contributed by atoms with Crippen molar-refractivity contribution in [3.8, 4) is 0 Å². The zero-order valence-electron chi connectivity index (χ0n) is 11.8. The van der Waals surface area contributed by atoms with E-state index in [-0.39, 0.29) is 12.5 Å². The van der Waals surface area contributed by atoms with Crippen LogP contribution in [0, 0.1) is 11.3 Å². The Morgan fingerprint density at radius 3 is 2.05 bits per heavy atom. The predicted octanol–water partition coefficient (Wildman–Crippen LogP) is 1.67. The van der Waals surface area contributed by atoms with Crippen molar-refractivity contribution in [3.05, 3.63) is 0 Å². The van der Waals surface area contributed by atoms with Gasteiger partial charge in [0.1, 0.15) is 0 Å². The molecule has 0 bridgehead atoms. The minimum atomic E-state index is -1.19. The lowest BCUT2D eigenvalue weighted by molar-refractivity contribution is -0.174. The molecule has 0 aromatic heterocycles. The number of unbranched alkanes of at least 4 members (excludes halogenated alkanes) is 1. The molecule has 110 valence electrons. The molecule has 0 amide bonds. The van der Waals surface area contributed by atoms with E-state index in [1.54, 1.807) is 0 Å². The molecule has 0 aromatic rings. The molecule has 5 heteroatoms. The molecule has 19 heavy (non-hydrogen) atoms. The molecule has 0 atom stereocenters. The molecule has 0 spiro atoms. The molecule has 0 radical (unpaired) electrons.